The van der Waals surface area contributed by atoms with Gasteiger partial charge in [0.25, 0.3) is 0 Å². The molecule has 19 heavy (non-hydrogen) atoms. The number of likely N-dealkylation sites (N-methyl/N-ethyl adjacent to an activating group) is 1. The topological polar surface area (TPSA) is 32.5 Å². The zero-order chi connectivity index (χ0) is 13.9. The van der Waals surface area contributed by atoms with E-state index in [0.717, 1.165) is 32.6 Å². The van der Waals surface area contributed by atoms with Crippen molar-refractivity contribution in [1.82, 2.24) is 9.80 Å². The second-order valence-corrected chi connectivity index (χ2v) is 6.21. The Morgan fingerprint density at radius 3 is 2.47 bits per heavy atom. The summed E-state index contributed by atoms with van der Waals surface area (Å²) in [7, 11) is 2.22. The van der Waals surface area contributed by atoms with E-state index < -0.39 is 0 Å². The molecular weight excluding hydrogens is 234 g/mol. The molecule has 3 heteroatoms. The summed E-state index contributed by atoms with van der Waals surface area (Å²) in [4.78, 5) is 5.05. The molecule has 1 unspecified atom stereocenters. The highest BCUT2D eigenvalue weighted by atomic mass is 15.3. The van der Waals surface area contributed by atoms with Crippen LogP contribution in [0, 0.1) is 0 Å². The average Bonchev–Trinajstić information content (AvgIpc) is 2.40. The van der Waals surface area contributed by atoms with Crippen LogP contribution in [-0.4, -0.2) is 48.6 Å². The highest BCUT2D eigenvalue weighted by Gasteiger charge is 2.34. The van der Waals surface area contributed by atoms with Gasteiger partial charge in [-0.2, -0.15) is 0 Å². The molecule has 1 aliphatic heterocycles. The zero-order valence-corrected chi connectivity index (χ0v) is 12.5. The second kappa shape index (κ2) is 6.04. The van der Waals surface area contributed by atoms with Crippen LogP contribution in [0.15, 0.2) is 30.3 Å². The van der Waals surface area contributed by atoms with Gasteiger partial charge in [-0.1, -0.05) is 30.3 Å². The van der Waals surface area contributed by atoms with Crippen molar-refractivity contribution in [1.29, 1.82) is 0 Å². The van der Waals surface area contributed by atoms with Crippen LogP contribution in [-0.2, 0) is 0 Å². The summed E-state index contributed by atoms with van der Waals surface area (Å²) in [5.74, 6) is 0. The van der Waals surface area contributed by atoms with Crippen molar-refractivity contribution < 1.29 is 0 Å². The smallest absolute Gasteiger partial charge is 0.0361 e. The van der Waals surface area contributed by atoms with Crippen molar-refractivity contribution >= 4 is 0 Å². The molecule has 1 aliphatic rings. The molecular formula is C16H27N3. The minimum absolute atomic E-state index is 0.236. The molecule has 1 heterocycles. The van der Waals surface area contributed by atoms with E-state index in [2.05, 4.69) is 61.0 Å². The average molecular weight is 261 g/mol. The first kappa shape index (κ1) is 14.5. The monoisotopic (exact) mass is 261 g/mol. The first-order valence-electron chi connectivity index (χ1n) is 7.25. The maximum atomic E-state index is 5.83. The fourth-order valence-corrected chi connectivity index (χ4v) is 2.94. The Morgan fingerprint density at radius 2 is 1.89 bits per heavy atom. The van der Waals surface area contributed by atoms with Crippen LogP contribution >= 0.6 is 0 Å². The van der Waals surface area contributed by atoms with Crippen molar-refractivity contribution in [2.24, 2.45) is 5.73 Å². The molecule has 1 aromatic rings. The second-order valence-electron chi connectivity index (χ2n) is 6.21. The molecule has 1 atom stereocenters. The SMILES string of the molecule is CN1CCN(C(CCN)c2ccccc2)CC1(C)C. The quantitative estimate of drug-likeness (QED) is 0.901. The molecule has 0 amide bonds. The number of piperazine rings is 1. The van der Waals surface area contributed by atoms with Gasteiger partial charge in [-0.05, 0) is 39.4 Å². The first-order chi connectivity index (χ1) is 9.04. The zero-order valence-electron chi connectivity index (χ0n) is 12.5. The summed E-state index contributed by atoms with van der Waals surface area (Å²) < 4.78 is 0. The standard InChI is InChI=1S/C16H27N3/c1-16(2)13-19(12-11-18(16)3)15(9-10-17)14-7-5-4-6-8-14/h4-8,15H,9-13,17H2,1-3H3. The first-order valence-corrected chi connectivity index (χ1v) is 7.25. The predicted octanol–water partition coefficient (Wildman–Crippen LogP) is 2.10. The van der Waals surface area contributed by atoms with Gasteiger partial charge in [-0.25, -0.2) is 0 Å². The lowest BCUT2D eigenvalue weighted by Crippen LogP contribution is -2.58. The lowest BCUT2D eigenvalue weighted by molar-refractivity contribution is 0.0146. The number of rotatable bonds is 4. The van der Waals surface area contributed by atoms with E-state index in [4.69, 9.17) is 5.73 Å². The maximum absolute atomic E-state index is 5.83. The van der Waals surface area contributed by atoms with Gasteiger partial charge >= 0.3 is 0 Å². The van der Waals surface area contributed by atoms with Crippen molar-refractivity contribution in [3.05, 3.63) is 35.9 Å². The van der Waals surface area contributed by atoms with Crippen LogP contribution in [0.5, 0.6) is 0 Å². The highest BCUT2D eigenvalue weighted by Crippen LogP contribution is 2.29. The lowest BCUT2D eigenvalue weighted by atomic mass is 9.94. The Hall–Kier alpha value is -0.900. The van der Waals surface area contributed by atoms with Gasteiger partial charge in [0.15, 0.2) is 0 Å². The van der Waals surface area contributed by atoms with E-state index >= 15 is 0 Å². The number of nitrogens with two attached hydrogens (primary N) is 1. The summed E-state index contributed by atoms with van der Waals surface area (Å²) in [6.07, 6.45) is 1.03. The lowest BCUT2D eigenvalue weighted by Gasteiger charge is -2.48. The molecule has 0 spiro atoms. The van der Waals surface area contributed by atoms with Gasteiger partial charge in [0, 0.05) is 31.2 Å². The molecule has 2 N–H and O–H groups in total. The number of hydrogen-bond donors (Lipinski definition) is 1. The molecule has 106 valence electrons. The van der Waals surface area contributed by atoms with Crippen molar-refractivity contribution in [2.75, 3.05) is 33.2 Å². The third kappa shape index (κ3) is 3.35. The summed E-state index contributed by atoms with van der Waals surface area (Å²) in [6.45, 7) is 8.74. The Labute approximate surface area is 117 Å². The molecule has 3 nitrogen and oxygen atoms in total. The highest BCUT2D eigenvalue weighted by molar-refractivity contribution is 5.19. The Morgan fingerprint density at radius 1 is 1.21 bits per heavy atom. The van der Waals surface area contributed by atoms with E-state index in [1.54, 1.807) is 0 Å². The van der Waals surface area contributed by atoms with E-state index in [9.17, 15) is 0 Å². The minimum Gasteiger partial charge on any atom is -0.330 e. The molecule has 2 rings (SSSR count). The fraction of sp³-hybridized carbons (Fsp3) is 0.625. The Kier molecular flexibility index (Phi) is 4.61. The van der Waals surface area contributed by atoms with E-state index in [1.807, 2.05) is 0 Å². The minimum atomic E-state index is 0.236. The van der Waals surface area contributed by atoms with E-state index in [-0.39, 0.29) is 5.54 Å². The van der Waals surface area contributed by atoms with Crippen LogP contribution in [0.25, 0.3) is 0 Å². The van der Waals surface area contributed by atoms with Crippen LogP contribution in [0.2, 0.25) is 0 Å². The van der Waals surface area contributed by atoms with Gasteiger partial charge in [-0.15, -0.1) is 0 Å². The van der Waals surface area contributed by atoms with Gasteiger partial charge < -0.3 is 5.73 Å². The van der Waals surface area contributed by atoms with Crippen LogP contribution in [0.3, 0.4) is 0 Å². The molecule has 1 aromatic carbocycles. The Bertz CT molecular complexity index is 388. The third-order valence-electron chi connectivity index (χ3n) is 4.41. The maximum Gasteiger partial charge on any atom is 0.0361 e. The normalized spacial score (nSPS) is 22.3. The molecule has 0 aliphatic carbocycles. The summed E-state index contributed by atoms with van der Waals surface area (Å²) in [5, 5.41) is 0. The molecule has 0 saturated carbocycles. The van der Waals surface area contributed by atoms with Crippen LogP contribution in [0.4, 0.5) is 0 Å². The molecule has 0 bridgehead atoms. The molecule has 1 saturated heterocycles. The third-order valence-corrected chi connectivity index (χ3v) is 4.41. The van der Waals surface area contributed by atoms with Crippen LogP contribution in [0.1, 0.15) is 31.9 Å². The van der Waals surface area contributed by atoms with Gasteiger partial charge in [-0.3, -0.25) is 9.80 Å². The molecule has 0 radical (unpaired) electrons. The Balaban J connectivity index is 2.16. The number of hydrogen-bond acceptors (Lipinski definition) is 3. The summed E-state index contributed by atoms with van der Waals surface area (Å²) >= 11 is 0. The van der Waals surface area contributed by atoms with Crippen molar-refractivity contribution in [2.45, 2.75) is 31.8 Å². The summed E-state index contributed by atoms with van der Waals surface area (Å²) in [5.41, 5.74) is 7.46. The number of benzene rings is 1. The van der Waals surface area contributed by atoms with E-state index in [0.29, 0.717) is 6.04 Å². The van der Waals surface area contributed by atoms with Gasteiger partial charge in [0.1, 0.15) is 0 Å². The van der Waals surface area contributed by atoms with E-state index in [1.165, 1.54) is 5.56 Å². The van der Waals surface area contributed by atoms with Crippen molar-refractivity contribution in [3.63, 3.8) is 0 Å². The molecule has 1 fully saturated rings. The summed E-state index contributed by atoms with van der Waals surface area (Å²) in [6, 6.07) is 11.2. The van der Waals surface area contributed by atoms with Crippen molar-refractivity contribution in [3.8, 4) is 0 Å². The van der Waals surface area contributed by atoms with Gasteiger partial charge in [0.2, 0.25) is 0 Å². The fourth-order valence-electron chi connectivity index (χ4n) is 2.94. The van der Waals surface area contributed by atoms with Gasteiger partial charge in [0.05, 0.1) is 0 Å². The number of nitrogens with zero attached hydrogens (tertiary/aromatic N) is 2. The predicted molar refractivity (Wildman–Crippen MR) is 81.1 cm³/mol. The van der Waals surface area contributed by atoms with Crippen LogP contribution < -0.4 is 5.73 Å². The molecule has 0 aromatic heterocycles. The largest absolute Gasteiger partial charge is 0.330 e.